The van der Waals surface area contributed by atoms with Crippen molar-refractivity contribution in [2.75, 3.05) is 24.9 Å². The summed E-state index contributed by atoms with van der Waals surface area (Å²) < 4.78 is 59.3. The molecule has 0 spiro atoms. The molecule has 0 bridgehead atoms. The average molecular weight is 525 g/mol. The third kappa shape index (κ3) is 5.40. The number of fused-ring (bicyclic) bond motifs is 1. The molecule has 0 fully saturated rings. The minimum atomic E-state index is -4.84. The van der Waals surface area contributed by atoms with Gasteiger partial charge in [0.1, 0.15) is 17.6 Å². The Bertz CT molecular complexity index is 1220. The zero-order chi connectivity index (χ0) is 27.0. The fourth-order valence-electron chi connectivity index (χ4n) is 4.49. The summed E-state index contributed by atoms with van der Waals surface area (Å²) in [4.78, 5) is 3.00. The molecule has 37 heavy (non-hydrogen) atoms. The molecular weight excluding hydrogens is 497 g/mol. The minimum absolute atomic E-state index is 0.0317. The molecule has 1 aliphatic heterocycles. The molecule has 200 valence electrons. The molecule has 3 N–H and O–H groups in total. The van der Waals surface area contributed by atoms with Gasteiger partial charge < -0.3 is 34.7 Å². The van der Waals surface area contributed by atoms with Crippen molar-refractivity contribution in [2.24, 2.45) is 7.05 Å². The van der Waals surface area contributed by atoms with Crippen LogP contribution in [0.25, 0.3) is 0 Å². The molecule has 2 aromatic carbocycles. The highest BCUT2D eigenvalue weighted by Gasteiger charge is 2.54. The van der Waals surface area contributed by atoms with E-state index in [1.165, 1.54) is 43.3 Å². The van der Waals surface area contributed by atoms with Gasteiger partial charge in [0, 0.05) is 31.2 Å². The number of aryl methyl sites for hydroxylation is 1. The number of halogens is 3. The van der Waals surface area contributed by atoms with E-state index in [-0.39, 0.29) is 6.54 Å². The number of nitrogens with zero attached hydrogens (tertiary/aromatic N) is 5. The molecule has 2 heterocycles. The summed E-state index contributed by atoms with van der Waals surface area (Å²) in [6.45, 7) is 1.67. The number of anilines is 2. The number of tetrazole rings is 1. The third-order valence-electron chi connectivity index (χ3n) is 6.06. The summed E-state index contributed by atoms with van der Waals surface area (Å²) in [5.74, 6) is 0.328. The first-order valence-corrected chi connectivity index (χ1v) is 11.1. The number of benzene rings is 2. The van der Waals surface area contributed by atoms with Crippen molar-refractivity contribution < 1.29 is 37.2 Å². The lowest BCUT2D eigenvalue weighted by molar-refractivity contribution is -0.274. The first kappa shape index (κ1) is 26.4. The molecule has 0 unspecified atom stereocenters. The van der Waals surface area contributed by atoms with E-state index in [4.69, 9.17) is 19.9 Å². The fourth-order valence-corrected chi connectivity index (χ4v) is 4.49. The predicted molar refractivity (Wildman–Crippen MR) is 125 cm³/mol. The number of nitrogen functional groups attached to an aromatic ring is 1. The van der Waals surface area contributed by atoms with Gasteiger partial charge in [-0.3, -0.25) is 0 Å². The van der Waals surface area contributed by atoms with Crippen LogP contribution >= 0.6 is 0 Å². The second-order valence-electron chi connectivity index (χ2n) is 8.64. The summed E-state index contributed by atoms with van der Waals surface area (Å²) in [6, 6.07) is 9.37. The largest absolute Gasteiger partial charge is 0.573 e. The van der Waals surface area contributed by atoms with Crippen LogP contribution in [-0.4, -0.2) is 63.9 Å². The van der Waals surface area contributed by atoms with E-state index in [2.05, 4.69) is 20.1 Å². The van der Waals surface area contributed by atoms with E-state index >= 15 is 0 Å². The summed E-state index contributed by atoms with van der Waals surface area (Å²) in [5, 5.41) is 23.9. The topological polar surface area (TPSA) is 130 Å². The van der Waals surface area contributed by atoms with Gasteiger partial charge in [-0.2, -0.15) is 4.80 Å². The Balaban J connectivity index is 1.85. The maximum Gasteiger partial charge on any atom is 0.573 e. The number of aliphatic hydroxyl groups is 1. The minimum Gasteiger partial charge on any atom is -0.479 e. The maximum absolute atomic E-state index is 12.7. The lowest BCUT2D eigenvalue weighted by Crippen LogP contribution is -2.62. The van der Waals surface area contributed by atoms with Crippen LogP contribution in [0.1, 0.15) is 24.4 Å². The lowest BCUT2D eigenvalue weighted by atomic mass is 9.83. The molecule has 4 rings (SSSR count). The molecule has 14 heteroatoms. The molecule has 0 saturated heterocycles. The SMILES string of the molecule is COC(OC)[C@@]1(C)Oc2ccc(N)cc2[C@H](N(Cc2nnn(C)n2)c2ccc(OC(F)(F)F)cc2)[C@@H]1O. The fraction of sp³-hybridized carbons (Fsp3) is 0.435. The number of rotatable bonds is 8. The summed E-state index contributed by atoms with van der Waals surface area (Å²) in [6.07, 6.45) is -7.10. The Kier molecular flexibility index (Phi) is 7.17. The van der Waals surface area contributed by atoms with Crippen molar-refractivity contribution >= 4 is 11.4 Å². The monoisotopic (exact) mass is 524 g/mol. The van der Waals surface area contributed by atoms with Crippen LogP contribution in [0.3, 0.4) is 0 Å². The van der Waals surface area contributed by atoms with Crippen molar-refractivity contribution in [3.8, 4) is 11.5 Å². The number of nitrogens with two attached hydrogens (primary N) is 1. The Morgan fingerprint density at radius 2 is 1.86 bits per heavy atom. The van der Waals surface area contributed by atoms with Gasteiger partial charge in [-0.25, -0.2) is 0 Å². The zero-order valence-electron chi connectivity index (χ0n) is 20.5. The van der Waals surface area contributed by atoms with Gasteiger partial charge in [-0.1, -0.05) is 0 Å². The van der Waals surface area contributed by atoms with E-state index in [1.807, 2.05) is 0 Å². The van der Waals surface area contributed by atoms with Crippen LogP contribution in [0, 0.1) is 0 Å². The third-order valence-corrected chi connectivity index (χ3v) is 6.06. The molecule has 3 atom stereocenters. The van der Waals surface area contributed by atoms with E-state index in [1.54, 1.807) is 37.1 Å². The van der Waals surface area contributed by atoms with Gasteiger partial charge in [0.15, 0.2) is 17.7 Å². The summed E-state index contributed by atoms with van der Waals surface area (Å²) in [5.41, 5.74) is 6.08. The molecule has 1 aromatic heterocycles. The molecule has 11 nitrogen and oxygen atoms in total. The first-order chi connectivity index (χ1) is 17.4. The molecule has 3 aromatic rings. The van der Waals surface area contributed by atoms with Gasteiger partial charge >= 0.3 is 6.36 Å². The smallest absolute Gasteiger partial charge is 0.479 e. The van der Waals surface area contributed by atoms with E-state index in [0.717, 1.165) is 0 Å². The Morgan fingerprint density at radius 1 is 1.19 bits per heavy atom. The van der Waals surface area contributed by atoms with E-state index in [0.29, 0.717) is 28.5 Å². The standard InChI is InChI=1S/C23H27F3N6O5/c1-22(21(34-3)35-4)20(33)19(16-11-13(27)5-10-17(16)37-22)32(12-18-28-30-31(2)29-18)14-6-8-15(9-7-14)36-23(24,25)26/h5-11,19-21,33H,12,27H2,1-4H3/t19-,20-,22-/m0/s1. The van der Waals surface area contributed by atoms with Crippen molar-refractivity contribution in [1.82, 2.24) is 20.2 Å². The summed E-state index contributed by atoms with van der Waals surface area (Å²) >= 11 is 0. The van der Waals surface area contributed by atoms with Crippen molar-refractivity contribution in [3.05, 3.63) is 53.9 Å². The van der Waals surface area contributed by atoms with Gasteiger partial charge in [-0.05, 0) is 54.6 Å². The molecule has 0 aliphatic carbocycles. The van der Waals surface area contributed by atoms with Gasteiger partial charge in [0.05, 0.1) is 19.6 Å². The quantitative estimate of drug-likeness (QED) is 0.335. The number of hydrogen-bond donors (Lipinski definition) is 2. The second kappa shape index (κ2) is 10.0. The Hall–Kier alpha value is -3.62. The van der Waals surface area contributed by atoms with Crippen molar-refractivity contribution in [2.45, 2.75) is 43.9 Å². The number of alkyl halides is 3. The van der Waals surface area contributed by atoms with Crippen LogP contribution < -0.4 is 20.1 Å². The number of aromatic nitrogens is 4. The average Bonchev–Trinajstić information content (AvgIpc) is 3.24. The Labute approximate surface area is 210 Å². The van der Waals surface area contributed by atoms with Gasteiger partial charge in [0.25, 0.3) is 0 Å². The summed E-state index contributed by atoms with van der Waals surface area (Å²) in [7, 11) is 4.44. The number of aliphatic hydroxyl groups excluding tert-OH is 1. The molecule has 0 amide bonds. The first-order valence-electron chi connectivity index (χ1n) is 11.1. The van der Waals surface area contributed by atoms with Gasteiger partial charge in [-0.15, -0.1) is 23.4 Å². The highest BCUT2D eigenvalue weighted by atomic mass is 19.4. The van der Waals surface area contributed by atoms with Gasteiger partial charge in [0.2, 0.25) is 0 Å². The second-order valence-corrected chi connectivity index (χ2v) is 8.64. The highest BCUT2D eigenvalue weighted by Crippen LogP contribution is 2.47. The van der Waals surface area contributed by atoms with Crippen LogP contribution in [0.4, 0.5) is 24.5 Å². The lowest BCUT2D eigenvalue weighted by Gasteiger charge is -2.49. The van der Waals surface area contributed by atoms with Crippen LogP contribution in [0.2, 0.25) is 0 Å². The van der Waals surface area contributed by atoms with Crippen LogP contribution in [-0.2, 0) is 23.1 Å². The Morgan fingerprint density at radius 3 is 2.43 bits per heavy atom. The highest BCUT2D eigenvalue weighted by molar-refractivity contribution is 5.57. The van der Waals surface area contributed by atoms with Crippen molar-refractivity contribution in [3.63, 3.8) is 0 Å². The maximum atomic E-state index is 12.7. The predicted octanol–water partition coefficient (Wildman–Crippen LogP) is 2.57. The van der Waals surface area contributed by atoms with Crippen LogP contribution in [0.5, 0.6) is 11.5 Å². The van der Waals surface area contributed by atoms with E-state index in [9.17, 15) is 18.3 Å². The number of ether oxygens (including phenoxy) is 4. The van der Waals surface area contributed by atoms with Crippen LogP contribution in [0.15, 0.2) is 42.5 Å². The number of methoxy groups -OCH3 is 2. The number of hydrogen-bond acceptors (Lipinski definition) is 10. The molecule has 0 radical (unpaired) electrons. The normalized spacial score (nSPS) is 21.4. The molecular formula is C23H27F3N6O5. The van der Waals surface area contributed by atoms with E-state index < -0.39 is 36.1 Å². The van der Waals surface area contributed by atoms with Crippen molar-refractivity contribution in [1.29, 1.82) is 0 Å². The molecule has 1 aliphatic rings. The zero-order valence-corrected chi connectivity index (χ0v) is 20.5. The molecule has 0 saturated carbocycles.